The summed E-state index contributed by atoms with van der Waals surface area (Å²) in [6.45, 7) is 2.23. The number of nitrogens with zero attached hydrogens (tertiary/aromatic N) is 2. The zero-order valence-electron chi connectivity index (χ0n) is 10.7. The van der Waals surface area contributed by atoms with Gasteiger partial charge in [0.25, 0.3) is 5.91 Å². The molecule has 1 aromatic heterocycles. The molecule has 1 aromatic rings. The second-order valence-corrected chi connectivity index (χ2v) is 5.93. The van der Waals surface area contributed by atoms with Gasteiger partial charge in [0.15, 0.2) is 0 Å². The lowest BCUT2D eigenvalue weighted by molar-refractivity contribution is 0.0920. The van der Waals surface area contributed by atoms with Gasteiger partial charge >= 0.3 is 0 Å². The first-order valence-corrected chi connectivity index (χ1v) is 7.40. The second kappa shape index (κ2) is 6.13. The fourth-order valence-electron chi connectivity index (χ4n) is 2.58. The molecular weight excluding hydrogens is 248 g/mol. The first-order chi connectivity index (χ1) is 8.69. The summed E-state index contributed by atoms with van der Waals surface area (Å²) in [6, 6.07) is 0.288. The Morgan fingerprint density at radius 3 is 2.67 bits per heavy atom. The summed E-state index contributed by atoms with van der Waals surface area (Å²) >= 11 is 1.14. The Hall–Kier alpha value is -1.17. The van der Waals surface area contributed by atoms with Crippen molar-refractivity contribution in [2.24, 2.45) is 5.92 Å². The number of carbonyl (C=O) groups excluding carboxylic acids is 1. The van der Waals surface area contributed by atoms with E-state index in [1.54, 1.807) is 0 Å². The van der Waals surface area contributed by atoms with Gasteiger partial charge in [-0.25, -0.2) is 0 Å². The van der Waals surface area contributed by atoms with Gasteiger partial charge in [-0.05, 0) is 31.6 Å². The van der Waals surface area contributed by atoms with Crippen molar-refractivity contribution >= 4 is 22.4 Å². The zero-order chi connectivity index (χ0) is 13.0. The van der Waals surface area contributed by atoms with Crippen molar-refractivity contribution in [1.82, 2.24) is 15.5 Å². The van der Waals surface area contributed by atoms with Gasteiger partial charge < -0.3 is 11.1 Å². The minimum absolute atomic E-state index is 0.136. The number of nitrogens with one attached hydrogen (secondary N) is 1. The van der Waals surface area contributed by atoms with Gasteiger partial charge in [0, 0.05) is 6.04 Å². The molecule has 0 atom stereocenters. The van der Waals surface area contributed by atoms with Crippen molar-refractivity contribution in [2.75, 3.05) is 5.73 Å². The Balaban J connectivity index is 1.79. The quantitative estimate of drug-likeness (QED) is 0.877. The topological polar surface area (TPSA) is 80.9 Å². The summed E-state index contributed by atoms with van der Waals surface area (Å²) in [4.78, 5) is 11.9. The summed E-state index contributed by atoms with van der Waals surface area (Å²) in [5.74, 6) is 0.712. The van der Waals surface area contributed by atoms with E-state index in [0.717, 1.165) is 30.1 Å². The summed E-state index contributed by atoms with van der Waals surface area (Å²) < 4.78 is 0. The first kappa shape index (κ1) is 13.3. The van der Waals surface area contributed by atoms with Crippen LogP contribution in [-0.2, 0) is 0 Å². The van der Waals surface area contributed by atoms with Crippen LogP contribution < -0.4 is 11.1 Å². The maximum atomic E-state index is 11.9. The largest absolute Gasteiger partial charge is 0.374 e. The van der Waals surface area contributed by atoms with Crippen LogP contribution in [0.5, 0.6) is 0 Å². The van der Waals surface area contributed by atoms with Crippen molar-refractivity contribution in [3.63, 3.8) is 0 Å². The number of nitrogens with two attached hydrogens (primary N) is 1. The summed E-state index contributed by atoms with van der Waals surface area (Å²) in [5, 5.41) is 11.1. The molecule has 1 saturated carbocycles. The van der Waals surface area contributed by atoms with Gasteiger partial charge in [0.1, 0.15) is 0 Å². The predicted molar refractivity (Wildman–Crippen MR) is 72.4 cm³/mol. The molecule has 6 heteroatoms. The van der Waals surface area contributed by atoms with E-state index in [-0.39, 0.29) is 11.9 Å². The molecule has 1 aliphatic rings. The van der Waals surface area contributed by atoms with E-state index in [0.29, 0.717) is 10.1 Å². The summed E-state index contributed by atoms with van der Waals surface area (Å²) in [5.41, 5.74) is 5.47. The molecular formula is C12H20N4OS. The molecule has 0 radical (unpaired) electrons. The highest BCUT2D eigenvalue weighted by atomic mass is 32.1. The molecule has 0 spiro atoms. The minimum atomic E-state index is -0.136. The van der Waals surface area contributed by atoms with E-state index in [4.69, 9.17) is 5.73 Å². The van der Waals surface area contributed by atoms with Gasteiger partial charge in [-0.1, -0.05) is 31.1 Å². The molecule has 100 valence electrons. The lowest BCUT2D eigenvalue weighted by Gasteiger charge is -2.28. The third-order valence-electron chi connectivity index (χ3n) is 3.51. The highest BCUT2D eigenvalue weighted by Crippen LogP contribution is 2.27. The maximum Gasteiger partial charge on any atom is 0.282 e. The summed E-state index contributed by atoms with van der Waals surface area (Å²) in [6.07, 6.45) is 7.16. The molecule has 18 heavy (non-hydrogen) atoms. The minimum Gasteiger partial charge on any atom is -0.374 e. The lowest BCUT2D eigenvalue weighted by Crippen LogP contribution is -2.37. The molecule has 0 bridgehead atoms. The number of hydrogen-bond donors (Lipinski definition) is 2. The van der Waals surface area contributed by atoms with E-state index >= 15 is 0 Å². The molecule has 1 amide bonds. The van der Waals surface area contributed by atoms with Crippen LogP contribution in [0.1, 0.15) is 55.3 Å². The lowest BCUT2D eigenvalue weighted by atomic mass is 9.83. The zero-order valence-corrected chi connectivity index (χ0v) is 11.5. The molecule has 0 unspecified atom stereocenters. The predicted octanol–water partition coefficient (Wildman–Crippen LogP) is 2.21. The SMILES string of the molecule is CCCC1CCC(NC(=O)c2nnc(N)s2)CC1. The summed E-state index contributed by atoms with van der Waals surface area (Å²) in [7, 11) is 0. The van der Waals surface area contributed by atoms with E-state index < -0.39 is 0 Å². The Morgan fingerprint density at radius 1 is 1.39 bits per heavy atom. The Bertz CT molecular complexity index is 399. The third kappa shape index (κ3) is 3.41. The number of carbonyl (C=O) groups is 1. The molecule has 3 N–H and O–H groups in total. The van der Waals surface area contributed by atoms with E-state index in [9.17, 15) is 4.79 Å². The van der Waals surface area contributed by atoms with Gasteiger partial charge in [0.2, 0.25) is 10.1 Å². The van der Waals surface area contributed by atoms with Crippen molar-refractivity contribution in [3.05, 3.63) is 5.01 Å². The van der Waals surface area contributed by atoms with Crippen molar-refractivity contribution in [2.45, 2.75) is 51.5 Å². The van der Waals surface area contributed by atoms with Crippen LogP contribution in [0.15, 0.2) is 0 Å². The maximum absolute atomic E-state index is 11.9. The van der Waals surface area contributed by atoms with Crippen LogP contribution in [0.4, 0.5) is 5.13 Å². The Kier molecular flexibility index (Phi) is 4.52. The Morgan fingerprint density at radius 2 is 2.11 bits per heavy atom. The van der Waals surface area contributed by atoms with Gasteiger partial charge in [0.05, 0.1) is 0 Å². The molecule has 1 heterocycles. The molecule has 0 aliphatic heterocycles. The van der Waals surface area contributed by atoms with Crippen LogP contribution >= 0.6 is 11.3 Å². The van der Waals surface area contributed by atoms with Crippen molar-refractivity contribution < 1.29 is 4.79 Å². The highest BCUT2D eigenvalue weighted by molar-refractivity contribution is 7.16. The number of hydrogen-bond acceptors (Lipinski definition) is 5. The second-order valence-electron chi connectivity index (χ2n) is 4.93. The number of anilines is 1. The number of nitrogen functional groups attached to an aromatic ring is 1. The van der Waals surface area contributed by atoms with Crippen LogP contribution in [0.3, 0.4) is 0 Å². The molecule has 5 nitrogen and oxygen atoms in total. The van der Waals surface area contributed by atoms with Gasteiger partial charge in [-0.3, -0.25) is 4.79 Å². The third-order valence-corrected chi connectivity index (χ3v) is 4.26. The molecule has 0 aromatic carbocycles. The number of aromatic nitrogens is 2. The fraction of sp³-hybridized carbons (Fsp3) is 0.750. The van der Waals surface area contributed by atoms with Crippen LogP contribution in [0.2, 0.25) is 0 Å². The Labute approximate surface area is 111 Å². The average molecular weight is 268 g/mol. The monoisotopic (exact) mass is 268 g/mol. The van der Waals surface area contributed by atoms with Crippen molar-refractivity contribution in [3.8, 4) is 0 Å². The van der Waals surface area contributed by atoms with Gasteiger partial charge in [-0.2, -0.15) is 0 Å². The highest BCUT2D eigenvalue weighted by Gasteiger charge is 2.23. The number of rotatable bonds is 4. The molecule has 1 aliphatic carbocycles. The number of amides is 1. The smallest absolute Gasteiger partial charge is 0.282 e. The van der Waals surface area contributed by atoms with Crippen LogP contribution in [0.25, 0.3) is 0 Å². The molecule has 2 rings (SSSR count). The van der Waals surface area contributed by atoms with E-state index in [1.165, 1.54) is 25.7 Å². The van der Waals surface area contributed by atoms with Gasteiger partial charge in [-0.15, -0.1) is 10.2 Å². The molecule has 0 saturated heterocycles. The van der Waals surface area contributed by atoms with Crippen molar-refractivity contribution in [1.29, 1.82) is 0 Å². The van der Waals surface area contributed by atoms with Crippen LogP contribution in [-0.4, -0.2) is 22.1 Å². The normalized spacial score (nSPS) is 23.8. The van der Waals surface area contributed by atoms with E-state index in [1.807, 2.05) is 0 Å². The standard InChI is InChI=1S/C12H20N4OS/c1-2-3-8-4-6-9(7-5-8)14-10(17)11-15-16-12(13)18-11/h8-9H,2-7H2,1H3,(H2,13,16)(H,14,17). The van der Waals surface area contributed by atoms with Crippen LogP contribution in [0, 0.1) is 5.92 Å². The molecule has 1 fully saturated rings. The first-order valence-electron chi connectivity index (χ1n) is 6.59. The fourth-order valence-corrected chi connectivity index (χ4v) is 3.09. The van der Waals surface area contributed by atoms with E-state index in [2.05, 4.69) is 22.4 Å². The average Bonchev–Trinajstić information content (AvgIpc) is 2.79.